The number of aryl methyl sites for hydroxylation is 1. The lowest BCUT2D eigenvalue weighted by Gasteiger charge is -2.08. The number of methoxy groups -OCH3 is 1. The van der Waals surface area contributed by atoms with Crippen LogP contribution in [0.15, 0.2) is 46.9 Å². The third-order valence-corrected chi connectivity index (χ3v) is 3.88. The number of benzene rings is 2. The molecule has 0 amide bonds. The second kappa shape index (κ2) is 7.78. The number of rotatable bonds is 5. The van der Waals surface area contributed by atoms with Crippen molar-refractivity contribution in [1.29, 1.82) is 0 Å². The fraction of sp³-hybridized carbons (Fsp3) is 0.176. The Balaban J connectivity index is 1.89. The van der Waals surface area contributed by atoms with E-state index in [1.165, 1.54) is 31.4 Å². The van der Waals surface area contributed by atoms with Gasteiger partial charge in [-0.1, -0.05) is 15.9 Å². The minimum absolute atomic E-state index is 0.209. The second-order valence-corrected chi connectivity index (χ2v) is 5.54. The molecule has 0 spiro atoms. The van der Waals surface area contributed by atoms with Crippen molar-refractivity contribution in [3.8, 4) is 11.5 Å². The third kappa shape index (κ3) is 4.82. The van der Waals surface area contributed by atoms with Gasteiger partial charge in [0.2, 0.25) is 0 Å². The van der Waals surface area contributed by atoms with E-state index in [0.717, 1.165) is 10.0 Å². The standard InChI is InChI=1S/C17H15BrO5/c1-11-9-14(7-8-15(11)18)22-10-16(19)23-13-5-3-12(4-6-13)17(20)21-2/h3-9H,10H2,1-2H3. The number of ether oxygens (including phenoxy) is 3. The van der Waals surface area contributed by atoms with Crippen LogP contribution in [-0.2, 0) is 9.53 Å². The fourth-order valence-electron chi connectivity index (χ4n) is 1.79. The molecule has 0 fully saturated rings. The molecule has 0 aliphatic heterocycles. The largest absolute Gasteiger partial charge is 0.482 e. The molecule has 0 aromatic heterocycles. The highest BCUT2D eigenvalue weighted by Gasteiger charge is 2.09. The summed E-state index contributed by atoms with van der Waals surface area (Å²) in [6.45, 7) is 1.72. The lowest BCUT2D eigenvalue weighted by molar-refractivity contribution is -0.136. The first kappa shape index (κ1) is 17.0. The van der Waals surface area contributed by atoms with E-state index in [1.807, 2.05) is 19.1 Å². The molecule has 2 aromatic carbocycles. The van der Waals surface area contributed by atoms with Crippen LogP contribution in [0.4, 0.5) is 0 Å². The van der Waals surface area contributed by atoms with E-state index < -0.39 is 11.9 Å². The summed E-state index contributed by atoms with van der Waals surface area (Å²) in [4.78, 5) is 23.1. The molecule has 0 radical (unpaired) electrons. The number of halogens is 1. The first-order valence-electron chi connectivity index (χ1n) is 6.77. The number of hydrogen-bond donors (Lipinski definition) is 0. The molecular formula is C17H15BrO5. The van der Waals surface area contributed by atoms with Crippen molar-refractivity contribution in [2.45, 2.75) is 6.92 Å². The summed E-state index contributed by atoms with van der Waals surface area (Å²) in [5, 5.41) is 0. The Morgan fingerprint density at radius 3 is 2.30 bits per heavy atom. The van der Waals surface area contributed by atoms with Crippen LogP contribution in [0.1, 0.15) is 15.9 Å². The Hall–Kier alpha value is -2.34. The van der Waals surface area contributed by atoms with Gasteiger partial charge < -0.3 is 14.2 Å². The maximum absolute atomic E-state index is 11.8. The van der Waals surface area contributed by atoms with E-state index in [4.69, 9.17) is 9.47 Å². The predicted molar refractivity (Wildman–Crippen MR) is 87.8 cm³/mol. The van der Waals surface area contributed by atoms with E-state index in [0.29, 0.717) is 17.1 Å². The summed E-state index contributed by atoms with van der Waals surface area (Å²) in [5.41, 5.74) is 1.39. The maximum Gasteiger partial charge on any atom is 0.349 e. The van der Waals surface area contributed by atoms with Crippen molar-refractivity contribution in [1.82, 2.24) is 0 Å². The second-order valence-electron chi connectivity index (χ2n) is 4.69. The quantitative estimate of drug-likeness (QED) is 0.588. The topological polar surface area (TPSA) is 61.8 Å². The van der Waals surface area contributed by atoms with Crippen molar-refractivity contribution in [3.63, 3.8) is 0 Å². The molecular weight excluding hydrogens is 364 g/mol. The van der Waals surface area contributed by atoms with Crippen LogP contribution >= 0.6 is 15.9 Å². The minimum atomic E-state index is -0.531. The van der Waals surface area contributed by atoms with Crippen molar-refractivity contribution < 1.29 is 23.8 Å². The van der Waals surface area contributed by atoms with E-state index in [1.54, 1.807) is 6.07 Å². The zero-order valence-electron chi connectivity index (χ0n) is 12.7. The molecule has 0 heterocycles. The van der Waals surface area contributed by atoms with Gasteiger partial charge in [0.25, 0.3) is 0 Å². The highest BCUT2D eigenvalue weighted by Crippen LogP contribution is 2.21. The van der Waals surface area contributed by atoms with Crippen LogP contribution in [0.2, 0.25) is 0 Å². The Morgan fingerprint density at radius 1 is 1.04 bits per heavy atom. The average molecular weight is 379 g/mol. The van der Waals surface area contributed by atoms with Gasteiger partial charge in [0, 0.05) is 4.47 Å². The van der Waals surface area contributed by atoms with Crippen LogP contribution in [0.5, 0.6) is 11.5 Å². The zero-order valence-corrected chi connectivity index (χ0v) is 14.3. The summed E-state index contributed by atoms with van der Waals surface area (Å²) in [6, 6.07) is 11.5. The molecule has 0 saturated heterocycles. The van der Waals surface area contributed by atoms with E-state index >= 15 is 0 Å². The van der Waals surface area contributed by atoms with Crippen molar-refractivity contribution in [2.24, 2.45) is 0 Å². The molecule has 2 aromatic rings. The predicted octanol–water partition coefficient (Wildman–Crippen LogP) is 3.53. The summed E-state index contributed by atoms with van der Waals surface area (Å²) >= 11 is 3.39. The van der Waals surface area contributed by atoms with Crippen LogP contribution in [-0.4, -0.2) is 25.7 Å². The zero-order chi connectivity index (χ0) is 16.8. The van der Waals surface area contributed by atoms with Crippen LogP contribution in [0.3, 0.4) is 0 Å². The molecule has 0 aliphatic rings. The van der Waals surface area contributed by atoms with Crippen LogP contribution in [0.25, 0.3) is 0 Å². The molecule has 0 atom stereocenters. The summed E-state index contributed by atoms with van der Waals surface area (Å²) in [6.07, 6.45) is 0. The van der Waals surface area contributed by atoms with Crippen LogP contribution < -0.4 is 9.47 Å². The van der Waals surface area contributed by atoms with Crippen molar-refractivity contribution >= 4 is 27.9 Å². The highest BCUT2D eigenvalue weighted by atomic mass is 79.9. The Bertz CT molecular complexity index is 709. The number of hydrogen-bond acceptors (Lipinski definition) is 5. The monoisotopic (exact) mass is 378 g/mol. The van der Waals surface area contributed by atoms with Gasteiger partial charge >= 0.3 is 11.9 Å². The first-order valence-corrected chi connectivity index (χ1v) is 7.57. The molecule has 5 nitrogen and oxygen atoms in total. The van der Waals surface area contributed by atoms with Gasteiger partial charge in [0.1, 0.15) is 11.5 Å². The lowest BCUT2D eigenvalue weighted by Crippen LogP contribution is -2.17. The molecule has 0 saturated carbocycles. The summed E-state index contributed by atoms with van der Waals surface area (Å²) in [5.74, 6) is -0.0601. The molecule has 23 heavy (non-hydrogen) atoms. The van der Waals surface area contributed by atoms with Gasteiger partial charge in [-0.05, 0) is 55.0 Å². The maximum atomic E-state index is 11.8. The SMILES string of the molecule is COC(=O)c1ccc(OC(=O)COc2ccc(Br)c(C)c2)cc1. The molecule has 0 unspecified atom stereocenters. The van der Waals surface area contributed by atoms with E-state index in [-0.39, 0.29) is 6.61 Å². The van der Waals surface area contributed by atoms with E-state index in [2.05, 4.69) is 20.7 Å². The molecule has 120 valence electrons. The molecule has 0 aliphatic carbocycles. The first-order chi connectivity index (χ1) is 11.0. The minimum Gasteiger partial charge on any atom is -0.482 e. The van der Waals surface area contributed by atoms with Gasteiger partial charge in [0.15, 0.2) is 6.61 Å². The Kier molecular flexibility index (Phi) is 5.76. The van der Waals surface area contributed by atoms with E-state index in [9.17, 15) is 9.59 Å². The van der Waals surface area contributed by atoms with Crippen LogP contribution in [0, 0.1) is 6.92 Å². The smallest absolute Gasteiger partial charge is 0.349 e. The van der Waals surface area contributed by atoms with Gasteiger partial charge in [-0.3, -0.25) is 0 Å². The van der Waals surface area contributed by atoms with Crippen molar-refractivity contribution in [2.75, 3.05) is 13.7 Å². The summed E-state index contributed by atoms with van der Waals surface area (Å²) < 4.78 is 16.1. The number of carbonyl (C=O) groups excluding carboxylic acids is 2. The number of carbonyl (C=O) groups is 2. The number of esters is 2. The third-order valence-electron chi connectivity index (χ3n) is 2.99. The molecule has 2 rings (SSSR count). The summed E-state index contributed by atoms with van der Waals surface area (Å²) in [7, 11) is 1.30. The highest BCUT2D eigenvalue weighted by molar-refractivity contribution is 9.10. The van der Waals surface area contributed by atoms with Crippen molar-refractivity contribution in [3.05, 3.63) is 58.1 Å². The fourth-order valence-corrected chi connectivity index (χ4v) is 2.03. The van der Waals surface area contributed by atoms with Gasteiger partial charge in [-0.15, -0.1) is 0 Å². The van der Waals surface area contributed by atoms with Gasteiger partial charge in [-0.25, -0.2) is 9.59 Å². The normalized spacial score (nSPS) is 10.0. The Labute approximate surface area is 142 Å². The van der Waals surface area contributed by atoms with Gasteiger partial charge in [0.05, 0.1) is 12.7 Å². The van der Waals surface area contributed by atoms with Gasteiger partial charge in [-0.2, -0.15) is 0 Å². The Morgan fingerprint density at radius 2 is 1.70 bits per heavy atom. The molecule has 0 bridgehead atoms. The lowest BCUT2D eigenvalue weighted by atomic mass is 10.2. The molecule has 0 N–H and O–H groups in total. The molecule has 6 heteroatoms. The average Bonchev–Trinajstić information content (AvgIpc) is 2.56.